The molecule has 142 valence electrons. The number of carbonyl (C=O) groups is 1. The number of hydrogen-bond donors (Lipinski definition) is 1. The summed E-state index contributed by atoms with van der Waals surface area (Å²) in [6, 6.07) is 24.6. The third-order valence-corrected chi connectivity index (χ3v) is 5.71. The molecule has 0 aromatic heterocycles. The van der Waals surface area contributed by atoms with Gasteiger partial charge in [-0.2, -0.15) is 0 Å². The molecule has 1 amide bonds. The summed E-state index contributed by atoms with van der Waals surface area (Å²) >= 11 is 0. The SMILES string of the molecule is COc1ccccc1NC(=O)[C@H]1CC1(c1cccc(C)c1)c1cccc(C)c1. The van der Waals surface area contributed by atoms with E-state index in [0.29, 0.717) is 11.4 Å². The fraction of sp³-hybridized carbons (Fsp3) is 0.240. The average Bonchev–Trinajstić information content (AvgIpc) is 3.46. The van der Waals surface area contributed by atoms with Crippen LogP contribution in [0, 0.1) is 19.8 Å². The monoisotopic (exact) mass is 371 g/mol. The number of anilines is 1. The second kappa shape index (κ2) is 7.16. The highest BCUT2D eigenvalue weighted by atomic mass is 16.5. The first-order valence-corrected chi connectivity index (χ1v) is 9.63. The Hall–Kier alpha value is -3.07. The van der Waals surface area contributed by atoms with E-state index in [1.807, 2.05) is 24.3 Å². The maximum Gasteiger partial charge on any atom is 0.228 e. The second-order valence-corrected chi connectivity index (χ2v) is 7.66. The molecule has 0 bridgehead atoms. The highest BCUT2D eigenvalue weighted by molar-refractivity contribution is 5.98. The summed E-state index contributed by atoms with van der Waals surface area (Å²) in [7, 11) is 1.62. The van der Waals surface area contributed by atoms with Crippen molar-refractivity contribution in [2.24, 2.45) is 5.92 Å². The number of ether oxygens (including phenoxy) is 1. The second-order valence-electron chi connectivity index (χ2n) is 7.66. The smallest absolute Gasteiger partial charge is 0.228 e. The van der Waals surface area contributed by atoms with Crippen LogP contribution in [-0.2, 0) is 10.2 Å². The maximum atomic E-state index is 13.2. The summed E-state index contributed by atoms with van der Waals surface area (Å²) < 4.78 is 5.38. The number of aryl methyl sites for hydroxylation is 2. The van der Waals surface area contributed by atoms with Gasteiger partial charge in [0.25, 0.3) is 0 Å². The molecular weight excluding hydrogens is 346 g/mol. The molecule has 3 aromatic carbocycles. The van der Waals surface area contributed by atoms with Crippen LogP contribution in [0.2, 0.25) is 0 Å². The van der Waals surface area contributed by atoms with Crippen LogP contribution in [0.1, 0.15) is 28.7 Å². The van der Waals surface area contributed by atoms with E-state index in [1.54, 1.807) is 7.11 Å². The van der Waals surface area contributed by atoms with Gasteiger partial charge in [-0.05, 0) is 43.5 Å². The summed E-state index contributed by atoms with van der Waals surface area (Å²) in [5, 5.41) is 3.08. The number of rotatable bonds is 5. The Morgan fingerprint density at radius 3 is 2.11 bits per heavy atom. The van der Waals surface area contributed by atoms with Crippen molar-refractivity contribution in [2.75, 3.05) is 12.4 Å². The number of para-hydroxylation sites is 2. The van der Waals surface area contributed by atoms with Crippen molar-refractivity contribution in [1.29, 1.82) is 0 Å². The number of nitrogens with one attached hydrogen (secondary N) is 1. The van der Waals surface area contributed by atoms with Crippen LogP contribution in [0.3, 0.4) is 0 Å². The summed E-state index contributed by atoms with van der Waals surface area (Å²) in [4.78, 5) is 13.2. The molecule has 0 aliphatic heterocycles. The van der Waals surface area contributed by atoms with Crippen molar-refractivity contribution < 1.29 is 9.53 Å². The Morgan fingerprint density at radius 2 is 1.54 bits per heavy atom. The summed E-state index contributed by atoms with van der Waals surface area (Å²) in [6.45, 7) is 4.19. The van der Waals surface area contributed by atoms with Gasteiger partial charge in [0.1, 0.15) is 5.75 Å². The molecule has 4 rings (SSSR count). The lowest BCUT2D eigenvalue weighted by Gasteiger charge is -2.20. The Labute approximate surface area is 166 Å². The van der Waals surface area contributed by atoms with Gasteiger partial charge in [-0.15, -0.1) is 0 Å². The Morgan fingerprint density at radius 1 is 0.929 bits per heavy atom. The summed E-state index contributed by atoms with van der Waals surface area (Å²) in [5.74, 6) is 0.599. The lowest BCUT2D eigenvalue weighted by Crippen LogP contribution is -2.22. The molecule has 1 saturated carbocycles. The van der Waals surface area contributed by atoms with Gasteiger partial charge in [0.15, 0.2) is 0 Å². The van der Waals surface area contributed by atoms with Gasteiger partial charge < -0.3 is 10.1 Å². The lowest BCUT2D eigenvalue weighted by atomic mass is 9.84. The van der Waals surface area contributed by atoms with E-state index in [-0.39, 0.29) is 17.2 Å². The van der Waals surface area contributed by atoms with Gasteiger partial charge in [-0.1, -0.05) is 71.8 Å². The van der Waals surface area contributed by atoms with Gasteiger partial charge in [0.05, 0.1) is 18.7 Å². The highest BCUT2D eigenvalue weighted by Crippen LogP contribution is 2.59. The number of carbonyl (C=O) groups excluding carboxylic acids is 1. The van der Waals surface area contributed by atoms with Crippen LogP contribution >= 0.6 is 0 Å². The Balaban J connectivity index is 1.70. The molecule has 1 N–H and O–H groups in total. The normalized spacial score (nSPS) is 17.0. The molecule has 1 aliphatic carbocycles. The van der Waals surface area contributed by atoms with Crippen LogP contribution in [0.5, 0.6) is 5.75 Å². The van der Waals surface area contributed by atoms with Crippen LogP contribution in [0.15, 0.2) is 72.8 Å². The topological polar surface area (TPSA) is 38.3 Å². The van der Waals surface area contributed by atoms with Gasteiger partial charge in [0.2, 0.25) is 5.91 Å². The van der Waals surface area contributed by atoms with Crippen molar-refractivity contribution in [2.45, 2.75) is 25.7 Å². The minimum absolute atomic E-state index is 0.0347. The van der Waals surface area contributed by atoms with E-state index in [4.69, 9.17) is 4.74 Å². The van der Waals surface area contributed by atoms with Crippen LogP contribution in [-0.4, -0.2) is 13.0 Å². The standard InChI is InChI=1S/C25H25NO2/c1-17-8-6-10-19(14-17)25(20-11-7-9-18(2)15-20)16-21(25)24(27)26-22-12-4-5-13-23(22)28-3/h4-15,21H,16H2,1-3H3,(H,26,27)/t21-/m1/s1. The van der Waals surface area contributed by atoms with E-state index in [2.05, 4.69) is 67.7 Å². The largest absolute Gasteiger partial charge is 0.495 e. The first-order valence-electron chi connectivity index (χ1n) is 9.63. The van der Waals surface area contributed by atoms with Crippen LogP contribution < -0.4 is 10.1 Å². The first kappa shape index (κ1) is 18.3. The molecule has 3 nitrogen and oxygen atoms in total. The third-order valence-electron chi connectivity index (χ3n) is 5.71. The van der Waals surface area contributed by atoms with Crippen molar-refractivity contribution >= 4 is 11.6 Å². The molecule has 28 heavy (non-hydrogen) atoms. The quantitative estimate of drug-likeness (QED) is 0.665. The van der Waals surface area contributed by atoms with Crippen molar-refractivity contribution in [1.82, 2.24) is 0 Å². The van der Waals surface area contributed by atoms with Crippen LogP contribution in [0.25, 0.3) is 0 Å². The van der Waals surface area contributed by atoms with E-state index < -0.39 is 0 Å². The van der Waals surface area contributed by atoms with E-state index in [0.717, 1.165) is 6.42 Å². The molecule has 3 heteroatoms. The molecule has 1 fully saturated rings. The molecule has 0 heterocycles. The zero-order chi connectivity index (χ0) is 19.7. The van der Waals surface area contributed by atoms with Crippen molar-refractivity contribution in [3.63, 3.8) is 0 Å². The molecule has 0 saturated heterocycles. The fourth-order valence-electron chi connectivity index (χ4n) is 4.20. The van der Waals surface area contributed by atoms with Gasteiger partial charge >= 0.3 is 0 Å². The summed E-state index contributed by atoms with van der Waals surface area (Å²) in [6.07, 6.45) is 0.806. The van der Waals surface area contributed by atoms with E-state index >= 15 is 0 Å². The van der Waals surface area contributed by atoms with E-state index in [9.17, 15) is 4.79 Å². The molecular formula is C25H25NO2. The average molecular weight is 371 g/mol. The molecule has 0 radical (unpaired) electrons. The van der Waals surface area contributed by atoms with Crippen LogP contribution in [0.4, 0.5) is 5.69 Å². The number of benzene rings is 3. The number of hydrogen-bond acceptors (Lipinski definition) is 2. The number of methoxy groups -OCH3 is 1. The third kappa shape index (κ3) is 3.18. The van der Waals surface area contributed by atoms with Crippen molar-refractivity contribution in [3.8, 4) is 5.75 Å². The first-order chi connectivity index (χ1) is 13.5. The maximum absolute atomic E-state index is 13.2. The molecule has 0 spiro atoms. The molecule has 1 atom stereocenters. The molecule has 1 aliphatic rings. The number of amides is 1. The van der Waals surface area contributed by atoms with Gasteiger partial charge in [0, 0.05) is 5.41 Å². The predicted octanol–water partition coefficient (Wildman–Crippen LogP) is 5.26. The van der Waals surface area contributed by atoms with Gasteiger partial charge in [-0.25, -0.2) is 0 Å². The lowest BCUT2D eigenvalue weighted by molar-refractivity contribution is -0.117. The van der Waals surface area contributed by atoms with Gasteiger partial charge in [-0.3, -0.25) is 4.79 Å². The van der Waals surface area contributed by atoms with Crippen molar-refractivity contribution in [3.05, 3.63) is 95.1 Å². The minimum Gasteiger partial charge on any atom is -0.495 e. The highest BCUT2D eigenvalue weighted by Gasteiger charge is 2.60. The fourth-order valence-corrected chi connectivity index (χ4v) is 4.20. The Bertz CT molecular complexity index is 979. The zero-order valence-electron chi connectivity index (χ0n) is 16.5. The summed E-state index contributed by atoms with van der Waals surface area (Å²) in [5.41, 5.74) is 5.27. The molecule has 3 aromatic rings. The van der Waals surface area contributed by atoms with E-state index in [1.165, 1.54) is 22.3 Å². The Kier molecular flexibility index (Phi) is 4.68. The zero-order valence-corrected chi connectivity index (χ0v) is 16.5. The molecule has 0 unspecified atom stereocenters. The minimum atomic E-state index is -0.274. The predicted molar refractivity (Wildman–Crippen MR) is 113 cm³/mol.